The van der Waals surface area contributed by atoms with E-state index in [9.17, 15) is 14.4 Å². The van der Waals surface area contributed by atoms with E-state index in [0.29, 0.717) is 39.6 Å². The summed E-state index contributed by atoms with van der Waals surface area (Å²) < 4.78 is 16.0. The van der Waals surface area contributed by atoms with Crippen molar-refractivity contribution in [2.75, 3.05) is 11.1 Å². The van der Waals surface area contributed by atoms with Gasteiger partial charge in [-0.2, -0.15) is 5.26 Å². The van der Waals surface area contributed by atoms with Gasteiger partial charge in [-0.3, -0.25) is 9.36 Å². The number of thiophene rings is 1. The van der Waals surface area contributed by atoms with E-state index in [-0.39, 0.29) is 17.5 Å². The summed E-state index contributed by atoms with van der Waals surface area (Å²) in [5, 5.41) is 21.9. The van der Waals surface area contributed by atoms with E-state index < -0.39 is 0 Å². The van der Waals surface area contributed by atoms with Crippen molar-refractivity contribution in [1.82, 2.24) is 14.8 Å². The number of rotatable bonds is 7. The number of benzene rings is 1. The summed E-state index contributed by atoms with van der Waals surface area (Å²) in [5.74, 6) is 0.457. The Balaban J connectivity index is 1.49. The lowest BCUT2D eigenvalue weighted by Crippen LogP contribution is -2.15. The zero-order chi connectivity index (χ0) is 22.7. The van der Waals surface area contributed by atoms with Gasteiger partial charge in [0.1, 0.15) is 16.9 Å². The standard InChI is InChI=1S/C23H22FN5OS2/c1-3-10-29-21(16-6-4-5-7-18(16)24)27-28-23(29)31-13-20(30)26-22-17(12-25)15-9-8-14(2)11-19(15)32-22/h3-7,14H,1,8-11,13H2,2H3,(H,26,30)/t14-/m0/s1. The molecule has 3 aromatic rings. The molecule has 1 aromatic carbocycles. The number of carbonyl (C=O) groups excluding carboxylic acids is 1. The van der Waals surface area contributed by atoms with Crippen molar-refractivity contribution in [2.45, 2.75) is 37.9 Å². The maximum absolute atomic E-state index is 14.3. The van der Waals surface area contributed by atoms with Crippen LogP contribution in [0.2, 0.25) is 0 Å². The highest BCUT2D eigenvalue weighted by Gasteiger charge is 2.25. The molecule has 0 saturated heterocycles. The number of nitrogens with zero attached hydrogens (tertiary/aromatic N) is 4. The second kappa shape index (κ2) is 9.67. The lowest BCUT2D eigenvalue weighted by atomic mass is 9.89. The van der Waals surface area contributed by atoms with Gasteiger partial charge in [-0.25, -0.2) is 4.39 Å². The first kappa shape index (κ1) is 22.2. The second-order valence-corrected chi connectivity index (χ2v) is 9.74. The number of thioether (sulfide) groups is 1. The van der Waals surface area contributed by atoms with Crippen LogP contribution in [0.3, 0.4) is 0 Å². The summed E-state index contributed by atoms with van der Waals surface area (Å²) >= 11 is 2.72. The molecule has 1 amide bonds. The van der Waals surface area contributed by atoms with Gasteiger partial charge in [-0.15, -0.1) is 28.1 Å². The molecule has 0 bridgehead atoms. The maximum Gasteiger partial charge on any atom is 0.235 e. The van der Waals surface area contributed by atoms with Crippen LogP contribution in [0.25, 0.3) is 11.4 Å². The smallest absolute Gasteiger partial charge is 0.235 e. The van der Waals surface area contributed by atoms with Gasteiger partial charge >= 0.3 is 0 Å². The molecule has 0 radical (unpaired) electrons. The van der Waals surface area contributed by atoms with Crippen molar-refractivity contribution in [3.8, 4) is 17.5 Å². The lowest BCUT2D eigenvalue weighted by molar-refractivity contribution is -0.113. The monoisotopic (exact) mass is 467 g/mol. The Bertz CT molecular complexity index is 1210. The van der Waals surface area contributed by atoms with Crippen molar-refractivity contribution in [1.29, 1.82) is 5.26 Å². The fraction of sp³-hybridized carbons (Fsp3) is 0.304. The largest absolute Gasteiger partial charge is 0.316 e. The Kier molecular flexibility index (Phi) is 6.72. The van der Waals surface area contributed by atoms with Crippen molar-refractivity contribution in [2.24, 2.45) is 5.92 Å². The third-order valence-corrected chi connectivity index (χ3v) is 7.49. The Morgan fingerprint density at radius 3 is 3.03 bits per heavy atom. The highest BCUT2D eigenvalue weighted by atomic mass is 32.2. The molecule has 0 spiro atoms. The average Bonchev–Trinajstić information content (AvgIpc) is 3.32. The fourth-order valence-electron chi connectivity index (χ4n) is 3.78. The number of carbonyl (C=O) groups is 1. The summed E-state index contributed by atoms with van der Waals surface area (Å²) in [6.07, 6.45) is 4.56. The van der Waals surface area contributed by atoms with Gasteiger partial charge in [0.05, 0.1) is 16.9 Å². The first-order valence-corrected chi connectivity index (χ1v) is 12.1. The Morgan fingerprint density at radius 1 is 1.47 bits per heavy atom. The zero-order valence-corrected chi connectivity index (χ0v) is 19.2. The summed E-state index contributed by atoms with van der Waals surface area (Å²) in [6, 6.07) is 8.63. The molecule has 2 heterocycles. The zero-order valence-electron chi connectivity index (χ0n) is 17.6. The Morgan fingerprint density at radius 2 is 2.28 bits per heavy atom. The number of nitrogens with one attached hydrogen (secondary N) is 1. The Labute approximate surface area is 194 Å². The SMILES string of the molecule is C=CCn1c(SCC(=O)Nc2sc3c(c2C#N)CC[C@H](C)C3)nnc1-c1ccccc1F. The first-order valence-electron chi connectivity index (χ1n) is 10.3. The maximum atomic E-state index is 14.3. The van der Waals surface area contributed by atoms with E-state index in [1.807, 2.05) is 0 Å². The highest BCUT2D eigenvalue weighted by molar-refractivity contribution is 7.99. The molecule has 2 aromatic heterocycles. The molecule has 6 nitrogen and oxygen atoms in total. The number of amides is 1. The predicted octanol–water partition coefficient (Wildman–Crippen LogP) is 5.06. The minimum atomic E-state index is -0.389. The third-order valence-electron chi connectivity index (χ3n) is 5.35. The summed E-state index contributed by atoms with van der Waals surface area (Å²) in [6.45, 7) is 6.34. The van der Waals surface area contributed by atoms with Gasteiger partial charge in [0.15, 0.2) is 11.0 Å². The number of aromatic nitrogens is 3. The molecule has 32 heavy (non-hydrogen) atoms. The van der Waals surface area contributed by atoms with Crippen LogP contribution in [0.4, 0.5) is 9.39 Å². The molecule has 0 unspecified atom stereocenters. The van der Waals surface area contributed by atoms with Crippen LogP contribution in [0.15, 0.2) is 42.1 Å². The van der Waals surface area contributed by atoms with Gasteiger partial charge in [0, 0.05) is 11.4 Å². The molecule has 9 heteroatoms. The molecule has 0 aliphatic heterocycles. The van der Waals surface area contributed by atoms with Crippen LogP contribution >= 0.6 is 23.1 Å². The van der Waals surface area contributed by atoms with Crippen molar-refractivity contribution >= 4 is 34.0 Å². The summed E-state index contributed by atoms with van der Waals surface area (Å²) in [5.41, 5.74) is 2.01. The summed E-state index contributed by atoms with van der Waals surface area (Å²) in [7, 11) is 0. The van der Waals surface area contributed by atoms with Gasteiger partial charge in [-0.1, -0.05) is 36.9 Å². The molecule has 4 rings (SSSR count). The fourth-order valence-corrected chi connectivity index (χ4v) is 5.91. The molecular formula is C23H22FN5OS2. The van der Waals surface area contributed by atoms with Gasteiger partial charge < -0.3 is 5.32 Å². The van der Waals surface area contributed by atoms with Crippen LogP contribution < -0.4 is 5.32 Å². The molecule has 0 fully saturated rings. The quantitative estimate of drug-likeness (QED) is 0.388. The minimum Gasteiger partial charge on any atom is -0.316 e. The third kappa shape index (κ3) is 4.47. The van der Waals surface area contributed by atoms with E-state index in [1.54, 1.807) is 28.8 Å². The normalized spacial score (nSPS) is 15.1. The van der Waals surface area contributed by atoms with Crippen molar-refractivity contribution in [3.63, 3.8) is 0 Å². The first-order chi connectivity index (χ1) is 15.5. The van der Waals surface area contributed by atoms with E-state index in [0.717, 1.165) is 24.8 Å². The van der Waals surface area contributed by atoms with Gasteiger partial charge in [0.2, 0.25) is 5.91 Å². The average molecular weight is 468 g/mol. The molecule has 1 aliphatic carbocycles. The molecule has 0 saturated carbocycles. The number of fused-ring (bicyclic) bond motifs is 1. The number of hydrogen-bond acceptors (Lipinski definition) is 6. The van der Waals surface area contributed by atoms with E-state index in [1.165, 1.54) is 34.0 Å². The molecule has 164 valence electrons. The van der Waals surface area contributed by atoms with Gasteiger partial charge in [-0.05, 0) is 42.9 Å². The number of hydrogen-bond donors (Lipinski definition) is 1. The van der Waals surface area contributed by atoms with Crippen LogP contribution in [-0.2, 0) is 24.2 Å². The van der Waals surface area contributed by atoms with Crippen molar-refractivity contribution in [3.05, 3.63) is 58.7 Å². The van der Waals surface area contributed by atoms with Crippen LogP contribution in [-0.4, -0.2) is 26.4 Å². The second-order valence-electron chi connectivity index (χ2n) is 7.69. The highest BCUT2D eigenvalue weighted by Crippen LogP contribution is 2.39. The minimum absolute atomic E-state index is 0.0936. The number of allylic oxidation sites excluding steroid dienone is 1. The molecule has 1 N–H and O–H groups in total. The van der Waals surface area contributed by atoms with Crippen LogP contribution in [0.5, 0.6) is 0 Å². The summed E-state index contributed by atoms with van der Waals surface area (Å²) in [4.78, 5) is 13.9. The Hall–Kier alpha value is -2.96. The number of nitriles is 1. The van der Waals surface area contributed by atoms with Crippen LogP contribution in [0, 0.1) is 23.1 Å². The molecular weight excluding hydrogens is 445 g/mol. The topological polar surface area (TPSA) is 83.6 Å². The molecule has 1 aliphatic rings. The van der Waals surface area contributed by atoms with E-state index in [4.69, 9.17) is 0 Å². The van der Waals surface area contributed by atoms with Crippen molar-refractivity contribution < 1.29 is 9.18 Å². The molecule has 1 atom stereocenters. The van der Waals surface area contributed by atoms with E-state index >= 15 is 0 Å². The number of anilines is 1. The lowest BCUT2D eigenvalue weighted by Gasteiger charge is -2.17. The number of halogens is 1. The predicted molar refractivity (Wildman–Crippen MR) is 125 cm³/mol. The van der Waals surface area contributed by atoms with Crippen LogP contribution in [0.1, 0.15) is 29.3 Å². The van der Waals surface area contributed by atoms with E-state index in [2.05, 4.69) is 35.1 Å². The van der Waals surface area contributed by atoms with Gasteiger partial charge in [0.25, 0.3) is 0 Å².